The summed E-state index contributed by atoms with van der Waals surface area (Å²) in [5.41, 5.74) is 0.785. The fraction of sp³-hybridized carbons (Fsp3) is 0.462. The minimum atomic E-state index is -0.662. The summed E-state index contributed by atoms with van der Waals surface area (Å²) in [6.07, 6.45) is 0.699. The second-order valence-electron chi connectivity index (χ2n) is 3.75. The maximum Gasteiger partial charge on any atom is 0.242 e. The number of ether oxygens (including phenoxy) is 1. The molecule has 0 spiro atoms. The number of nitrogens with one attached hydrogen (secondary N) is 1. The van der Waals surface area contributed by atoms with E-state index in [9.17, 15) is 4.79 Å². The third-order valence-corrected chi connectivity index (χ3v) is 2.77. The lowest BCUT2D eigenvalue weighted by molar-refractivity contribution is -0.120. The van der Waals surface area contributed by atoms with Gasteiger partial charge in [0.05, 0.1) is 13.2 Å². The third-order valence-electron chi connectivity index (χ3n) is 2.32. The molecule has 1 aromatic carbocycles. The molecule has 1 unspecified atom stereocenters. The number of benzene rings is 1. The van der Waals surface area contributed by atoms with Crippen molar-refractivity contribution in [3.8, 4) is 0 Å². The molecule has 100 valence electrons. The van der Waals surface area contributed by atoms with Crippen molar-refractivity contribution in [1.82, 2.24) is 5.32 Å². The smallest absolute Gasteiger partial charge is 0.242 e. The summed E-state index contributed by atoms with van der Waals surface area (Å²) in [5, 5.41) is 10.6. The number of alkyl halides is 1. The van der Waals surface area contributed by atoms with Crippen molar-refractivity contribution in [3.63, 3.8) is 0 Å². The summed E-state index contributed by atoms with van der Waals surface area (Å²) in [4.78, 5) is 11.7. The van der Waals surface area contributed by atoms with Gasteiger partial charge in [0, 0.05) is 13.2 Å². The molecule has 1 rings (SSSR count). The zero-order valence-electron chi connectivity index (χ0n) is 10.1. The van der Waals surface area contributed by atoms with Gasteiger partial charge in [-0.25, -0.2) is 0 Å². The second kappa shape index (κ2) is 8.91. The largest absolute Gasteiger partial charge is 0.394 e. The highest BCUT2D eigenvalue weighted by Gasteiger charge is 2.16. The van der Waals surface area contributed by atoms with E-state index >= 15 is 0 Å². The molecule has 0 fully saturated rings. The van der Waals surface area contributed by atoms with Crippen molar-refractivity contribution in [1.29, 1.82) is 0 Å². The molecule has 2 N–H and O–H groups in total. The predicted octanol–water partition coefficient (Wildman–Crippen LogP) is 1.48. The van der Waals surface area contributed by atoms with Crippen LogP contribution in [0.15, 0.2) is 30.3 Å². The number of hydrogen-bond acceptors (Lipinski definition) is 3. The monoisotopic (exact) mass is 271 g/mol. The molecule has 0 saturated heterocycles. The Morgan fingerprint density at radius 2 is 2.06 bits per heavy atom. The van der Waals surface area contributed by atoms with Crippen molar-refractivity contribution in [3.05, 3.63) is 35.9 Å². The van der Waals surface area contributed by atoms with Crippen LogP contribution in [-0.2, 0) is 9.53 Å². The molecule has 0 aliphatic rings. The molecule has 5 heteroatoms. The first kappa shape index (κ1) is 15.0. The Bertz CT molecular complexity index is 345. The molecular formula is C13H18ClNO3. The lowest BCUT2D eigenvalue weighted by Crippen LogP contribution is -2.28. The first-order valence-corrected chi connectivity index (χ1v) is 6.34. The Balaban J connectivity index is 2.20. The Hall–Kier alpha value is -1.10. The maximum absolute atomic E-state index is 11.7. The molecule has 18 heavy (non-hydrogen) atoms. The van der Waals surface area contributed by atoms with Crippen LogP contribution < -0.4 is 5.32 Å². The predicted molar refractivity (Wildman–Crippen MR) is 70.6 cm³/mol. The Labute approximate surface area is 112 Å². The standard InChI is InChI=1S/C13H18ClNO3/c14-12(11-5-2-1-3-6-11)13(17)15-7-4-9-18-10-8-16/h1-3,5-6,12,16H,4,7-10H2,(H,15,17). The van der Waals surface area contributed by atoms with Gasteiger partial charge in [0.15, 0.2) is 0 Å². The molecule has 0 bridgehead atoms. The van der Waals surface area contributed by atoms with Crippen LogP contribution in [0.4, 0.5) is 0 Å². The Morgan fingerprint density at radius 1 is 1.33 bits per heavy atom. The van der Waals surface area contributed by atoms with E-state index in [-0.39, 0.29) is 12.5 Å². The van der Waals surface area contributed by atoms with Crippen molar-refractivity contribution >= 4 is 17.5 Å². The van der Waals surface area contributed by atoms with E-state index < -0.39 is 5.38 Å². The average Bonchev–Trinajstić information content (AvgIpc) is 2.42. The highest BCUT2D eigenvalue weighted by atomic mass is 35.5. The van der Waals surface area contributed by atoms with Crippen LogP contribution in [0, 0.1) is 0 Å². The molecule has 0 heterocycles. The summed E-state index contributed by atoms with van der Waals surface area (Å²) < 4.78 is 5.08. The van der Waals surface area contributed by atoms with Crippen molar-refractivity contribution in [2.45, 2.75) is 11.8 Å². The molecular weight excluding hydrogens is 254 g/mol. The van der Waals surface area contributed by atoms with Crippen molar-refractivity contribution in [2.24, 2.45) is 0 Å². The van der Waals surface area contributed by atoms with Crippen molar-refractivity contribution < 1.29 is 14.6 Å². The molecule has 0 saturated carbocycles. The zero-order valence-corrected chi connectivity index (χ0v) is 10.9. The molecule has 4 nitrogen and oxygen atoms in total. The summed E-state index contributed by atoms with van der Waals surface area (Å²) in [6.45, 7) is 1.37. The average molecular weight is 272 g/mol. The van der Waals surface area contributed by atoms with Gasteiger partial charge in [0.1, 0.15) is 5.38 Å². The van der Waals surface area contributed by atoms with Gasteiger partial charge < -0.3 is 15.2 Å². The van der Waals surface area contributed by atoms with E-state index in [0.29, 0.717) is 26.2 Å². The lowest BCUT2D eigenvalue weighted by Gasteiger charge is -2.10. The van der Waals surface area contributed by atoms with Gasteiger partial charge in [0.2, 0.25) is 5.91 Å². The summed E-state index contributed by atoms with van der Waals surface area (Å²) in [5.74, 6) is -0.204. The van der Waals surface area contributed by atoms with Crippen LogP contribution in [-0.4, -0.2) is 37.4 Å². The number of amides is 1. The van der Waals surface area contributed by atoms with Crippen molar-refractivity contribution in [2.75, 3.05) is 26.4 Å². The normalized spacial score (nSPS) is 12.1. The van der Waals surface area contributed by atoms with Gasteiger partial charge in [-0.1, -0.05) is 30.3 Å². The number of carbonyl (C=O) groups is 1. The van der Waals surface area contributed by atoms with E-state index in [4.69, 9.17) is 21.4 Å². The number of halogens is 1. The fourth-order valence-corrected chi connectivity index (χ4v) is 1.64. The van der Waals surface area contributed by atoms with E-state index in [1.165, 1.54) is 0 Å². The topological polar surface area (TPSA) is 58.6 Å². The van der Waals surface area contributed by atoms with Gasteiger partial charge in [-0.2, -0.15) is 0 Å². The molecule has 0 aromatic heterocycles. The van der Waals surface area contributed by atoms with Crippen LogP contribution >= 0.6 is 11.6 Å². The van der Waals surface area contributed by atoms with Crippen LogP contribution in [0.5, 0.6) is 0 Å². The van der Waals surface area contributed by atoms with Gasteiger partial charge in [-0.05, 0) is 12.0 Å². The van der Waals surface area contributed by atoms with Crippen LogP contribution in [0.1, 0.15) is 17.4 Å². The highest BCUT2D eigenvalue weighted by molar-refractivity contribution is 6.30. The summed E-state index contributed by atoms with van der Waals surface area (Å²) in [6, 6.07) is 9.22. The summed E-state index contributed by atoms with van der Waals surface area (Å²) >= 11 is 6.04. The van der Waals surface area contributed by atoms with E-state index in [1.54, 1.807) is 0 Å². The van der Waals surface area contributed by atoms with Gasteiger partial charge in [0.25, 0.3) is 0 Å². The number of aliphatic hydroxyl groups excluding tert-OH is 1. The SMILES string of the molecule is O=C(NCCCOCCO)C(Cl)c1ccccc1. The third kappa shape index (κ3) is 5.49. The first-order chi connectivity index (χ1) is 8.75. The molecule has 0 aliphatic carbocycles. The van der Waals surface area contributed by atoms with Gasteiger partial charge >= 0.3 is 0 Å². The fourth-order valence-electron chi connectivity index (χ4n) is 1.42. The Morgan fingerprint density at radius 3 is 2.72 bits per heavy atom. The number of aliphatic hydroxyl groups is 1. The quantitative estimate of drug-likeness (QED) is 0.556. The zero-order chi connectivity index (χ0) is 13.2. The number of hydrogen-bond donors (Lipinski definition) is 2. The maximum atomic E-state index is 11.7. The summed E-state index contributed by atoms with van der Waals surface area (Å²) in [7, 11) is 0. The molecule has 0 aliphatic heterocycles. The Kier molecular flexibility index (Phi) is 7.41. The second-order valence-corrected chi connectivity index (χ2v) is 4.19. The molecule has 1 amide bonds. The minimum absolute atomic E-state index is 0.0180. The van der Waals surface area contributed by atoms with E-state index in [1.807, 2.05) is 30.3 Å². The first-order valence-electron chi connectivity index (χ1n) is 5.91. The van der Waals surface area contributed by atoms with Gasteiger partial charge in [-0.15, -0.1) is 11.6 Å². The molecule has 1 aromatic rings. The highest BCUT2D eigenvalue weighted by Crippen LogP contribution is 2.19. The molecule has 0 radical (unpaired) electrons. The van der Waals surface area contributed by atoms with Crippen LogP contribution in [0.25, 0.3) is 0 Å². The minimum Gasteiger partial charge on any atom is -0.394 e. The lowest BCUT2D eigenvalue weighted by atomic mass is 10.1. The number of carbonyl (C=O) groups excluding carboxylic acids is 1. The van der Waals surface area contributed by atoms with Crippen LogP contribution in [0.2, 0.25) is 0 Å². The molecule has 1 atom stereocenters. The van der Waals surface area contributed by atoms with E-state index in [0.717, 1.165) is 5.56 Å². The van der Waals surface area contributed by atoms with Crippen LogP contribution in [0.3, 0.4) is 0 Å². The van der Waals surface area contributed by atoms with Gasteiger partial charge in [-0.3, -0.25) is 4.79 Å². The van der Waals surface area contributed by atoms with E-state index in [2.05, 4.69) is 5.32 Å². The number of rotatable bonds is 8.